The van der Waals surface area contributed by atoms with Crippen molar-refractivity contribution in [3.63, 3.8) is 0 Å². The van der Waals surface area contributed by atoms with E-state index >= 15 is 0 Å². The highest BCUT2D eigenvalue weighted by molar-refractivity contribution is 14.1. The summed E-state index contributed by atoms with van der Waals surface area (Å²) in [6.45, 7) is 1.14. The Kier molecular flexibility index (Phi) is 3.55. The number of carbonyl (C=O) groups excluding carboxylic acids is 1. The van der Waals surface area contributed by atoms with Gasteiger partial charge in [-0.05, 0) is 40.8 Å². The van der Waals surface area contributed by atoms with Gasteiger partial charge in [-0.15, -0.1) is 0 Å². The second-order valence-electron chi connectivity index (χ2n) is 4.17. The van der Waals surface area contributed by atoms with Crippen LogP contribution in [-0.2, 0) is 0 Å². The molecule has 5 nitrogen and oxygen atoms in total. The van der Waals surface area contributed by atoms with Gasteiger partial charge in [0.1, 0.15) is 11.4 Å². The Labute approximate surface area is 112 Å². The highest BCUT2D eigenvalue weighted by atomic mass is 127. The Hall–Kier alpha value is -0.860. The molecule has 0 aromatic heterocycles. The number of phenols is 1. The SMILES string of the molecule is O=C(NCC1(O)CNC1)c1cc(I)ccc1O. The largest absolute Gasteiger partial charge is 0.507 e. The van der Waals surface area contributed by atoms with Gasteiger partial charge in [-0.3, -0.25) is 4.79 Å². The van der Waals surface area contributed by atoms with E-state index < -0.39 is 5.60 Å². The average molecular weight is 348 g/mol. The Morgan fingerprint density at radius 2 is 2.24 bits per heavy atom. The van der Waals surface area contributed by atoms with E-state index in [1.54, 1.807) is 12.1 Å². The third kappa shape index (κ3) is 2.88. The number of benzene rings is 1. The molecule has 1 heterocycles. The summed E-state index contributed by atoms with van der Waals surface area (Å²) in [5.74, 6) is -0.428. The standard InChI is InChI=1S/C11H13IN2O3/c12-7-1-2-9(15)8(3-7)10(16)14-6-11(17)4-13-5-11/h1-3,13,15,17H,4-6H2,(H,14,16). The maximum absolute atomic E-state index is 11.8. The van der Waals surface area contributed by atoms with Crippen molar-refractivity contribution < 1.29 is 15.0 Å². The first kappa shape index (κ1) is 12.6. The third-order valence-corrected chi connectivity index (χ3v) is 3.36. The van der Waals surface area contributed by atoms with Crippen LogP contribution in [0, 0.1) is 3.57 Å². The average Bonchev–Trinajstić information content (AvgIpc) is 2.26. The van der Waals surface area contributed by atoms with E-state index in [2.05, 4.69) is 33.2 Å². The number of hydrogen-bond acceptors (Lipinski definition) is 4. The molecule has 2 rings (SSSR count). The first-order valence-electron chi connectivity index (χ1n) is 5.20. The molecule has 0 bridgehead atoms. The molecule has 1 amide bonds. The van der Waals surface area contributed by atoms with Crippen LogP contribution in [0.4, 0.5) is 0 Å². The van der Waals surface area contributed by atoms with Gasteiger partial charge < -0.3 is 20.8 Å². The minimum absolute atomic E-state index is 0.0540. The van der Waals surface area contributed by atoms with E-state index in [0.717, 1.165) is 3.57 Å². The summed E-state index contributed by atoms with van der Waals surface area (Å²) in [6, 6.07) is 4.81. The van der Waals surface area contributed by atoms with Crippen molar-refractivity contribution in [3.05, 3.63) is 27.3 Å². The predicted octanol–water partition coefficient (Wildman–Crippen LogP) is 0.0609. The van der Waals surface area contributed by atoms with Gasteiger partial charge in [-0.25, -0.2) is 0 Å². The second-order valence-corrected chi connectivity index (χ2v) is 5.42. The van der Waals surface area contributed by atoms with E-state index in [1.807, 2.05) is 0 Å². The first-order valence-corrected chi connectivity index (χ1v) is 6.28. The maximum Gasteiger partial charge on any atom is 0.255 e. The van der Waals surface area contributed by atoms with Gasteiger partial charge in [0.2, 0.25) is 0 Å². The van der Waals surface area contributed by atoms with Crippen LogP contribution in [0.5, 0.6) is 5.75 Å². The molecule has 1 fully saturated rings. The fourth-order valence-electron chi connectivity index (χ4n) is 1.57. The first-order chi connectivity index (χ1) is 8.00. The fourth-order valence-corrected chi connectivity index (χ4v) is 2.06. The van der Waals surface area contributed by atoms with Crippen LogP contribution in [0.25, 0.3) is 0 Å². The lowest BCUT2D eigenvalue weighted by atomic mass is 9.97. The summed E-state index contributed by atoms with van der Waals surface area (Å²) in [4.78, 5) is 11.8. The molecule has 4 N–H and O–H groups in total. The molecule has 0 spiro atoms. The zero-order valence-corrected chi connectivity index (χ0v) is 11.2. The number of nitrogens with one attached hydrogen (secondary N) is 2. The van der Waals surface area contributed by atoms with Crippen molar-refractivity contribution >= 4 is 28.5 Å². The molecule has 0 aliphatic carbocycles. The Balaban J connectivity index is 2.01. The molecule has 1 aliphatic rings. The van der Waals surface area contributed by atoms with Gasteiger partial charge in [-0.1, -0.05) is 0 Å². The van der Waals surface area contributed by atoms with Crippen molar-refractivity contribution in [1.82, 2.24) is 10.6 Å². The molecule has 17 heavy (non-hydrogen) atoms. The van der Waals surface area contributed by atoms with Crippen LogP contribution in [0.2, 0.25) is 0 Å². The third-order valence-electron chi connectivity index (χ3n) is 2.69. The molecule has 6 heteroatoms. The summed E-state index contributed by atoms with van der Waals surface area (Å²) < 4.78 is 0.870. The van der Waals surface area contributed by atoms with Crippen LogP contribution in [0.3, 0.4) is 0 Å². The maximum atomic E-state index is 11.8. The van der Waals surface area contributed by atoms with Gasteiger partial charge in [0.25, 0.3) is 5.91 Å². The highest BCUT2D eigenvalue weighted by Crippen LogP contribution is 2.19. The summed E-state index contributed by atoms with van der Waals surface area (Å²) in [7, 11) is 0. The molecule has 1 aromatic carbocycles. The summed E-state index contributed by atoms with van der Waals surface area (Å²) in [6.07, 6.45) is 0. The highest BCUT2D eigenvalue weighted by Gasteiger charge is 2.34. The number of rotatable bonds is 3. The molecule has 0 saturated carbocycles. The lowest BCUT2D eigenvalue weighted by Crippen LogP contribution is -2.64. The van der Waals surface area contributed by atoms with Gasteiger partial charge in [0.15, 0.2) is 0 Å². The van der Waals surface area contributed by atoms with Crippen LogP contribution in [0.15, 0.2) is 18.2 Å². The normalized spacial score (nSPS) is 17.3. The molecule has 0 atom stereocenters. The second kappa shape index (κ2) is 4.79. The number of phenolic OH excluding ortho intramolecular Hbond substituents is 1. The predicted molar refractivity (Wildman–Crippen MR) is 71.0 cm³/mol. The van der Waals surface area contributed by atoms with Crippen molar-refractivity contribution in [2.75, 3.05) is 19.6 Å². The number of aliphatic hydroxyl groups is 1. The Bertz CT molecular complexity index is 446. The van der Waals surface area contributed by atoms with Gasteiger partial charge in [-0.2, -0.15) is 0 Å². The number of amides is 1. The molecular weight excluding hydrogens is 335 g/mol. The number of halogens is 1. The molecular formula is C11H13IN2O3. The van der Waals surface area contributed by atoms with E-state index in [4.69, 9.17) is 0 Å². The molecule has 1 saturated heterocycles. The minimum atomic E-state index is -0.854. The summed E-state index contributed by atoms with van der Waals surface area (Å²) in [5.41, 5.74) is -0.625. The van der Waals surface area contributed by atoms with Crippen LogP contribution in [-0.4, -0.2) is 41.4 Å². The van der Waals surface area contributed by atoms with Gasteiger partial charge in [0, 0.05) is 23.2 Å². The lowest BCUT2D eigenvalue weighted by molar-refractivity contribution is -0.00762. The van der Waals surface area contributed by atoms with Crippen molar-refractivity contribution in [2.45, 2.75) is 5.60 Å². The van der Waals surface area contributed by atoms with Crippen LogP contribution >= 0.6 is 22.6 Å². The molecule has 1 aliphatic heterocycles. The zero-order chi connectivity index (χ0) is 12.5. The molecule has 92 valence electrons. The minimum Gasteiger partial charge on any atom is -0.507 e. The quantitative estimate of drug-likeness (QED) is 0.583. The fraction of sp³-hybridized carbons (Fsp3) is 0.364. The number of β-amino-alcohol motifs (C(OH)–C–C–N with tert-alkyl or cyclic N) is 1. The zero-order valence-electron chi connectivity index (χ0n) is 9.03. The number of hydrogen-bond donors (Lipinski definition) is 4. The van der Waals surface area contributed by atoms with E-state index in [-0.39, 0.29) is 23.8 Å². The monoisotopic (exact) mass is 348 g/mol. The number of carbonyl (C=O) groups is 1. The van der Waals surface area contributed by atoms with Gasteiger partial charge in [0.05, 0.1) is 5.56 Å². The molecule has 1 aromatic rings. The van der Waals surface area contributed by atoms with Crippen molar-refractivity contribution in [3.8, 4) is 5.75 Å². The lowest BCUT2D eigenvalue weighted by Gasteiger charge is -2.37. The van der Waals surface area contributed by atoms with E-state index in [9.17, 15) is 15.0 Å². The molecule has 0 radical (unpaired) electrons. The Morgan fingerprint density at radius 3 is 2.82 bits per heavy atom. The topological polar surface area (TPSA) is 81.6 Å². The van der Waals surface area contributed by atoms with Crippen molar-refractivity contribution in [2.24, 2.45) is 0 Å². The van der Waals surface area contributed by atoms with E-state index in [0.29, 0.717) is 13.1 Å². The van der Waals surface area contributed by atoms with Gasteiger partial charge >= 0.3 is 0 Å². The smallest absolute Gasteiger partial charge is 0.255 e. The van der Waals surface area contributed by atoms with Crippen LogP contribution < -0.4 is 10.6 Å². The summed E-state index contributed by atoms with van der Waals surface area (Å²) >= 11 is 2.07. The van der Waals surface area contributed by atoms with Crippen molar-refractivity contribution in [1.29, 1.82) is 0 Å². The molecule has 0 unspecified atom stereocenters. The van der Waals surface area contributed by atoms with Crippen LogP contribution in [0.1, 0.15) is 10.4 Å². The Morgan fingerprint density at radius 1 is 1.53 bits per heavy atom. The summed E-state index contributed by atoms with van der Waals surface area (Å²) in [5, 5.41) is 24.9. The van der Waals surface area contributed by atoms with E-state index in [1.165, 1.54) is 6.07 Å². The number of aromatic hydroxyl groups is 1.